The summed E-state index contributed by atoms with van der Waals surface area (Å²) in [6, 6.07) is 10.8. The van der Waals surface area contributed by atoms with Crippen LogP contribution in [0.15, 0.2) is 53.8 Å². The van der Waals surface area contributed by atoms with Crippen molar-refractivity contribution in [1.82, 2.24) is 20.1 Å². The van der Waals surface area contributed by atoms with Crippen LogP contribution in [0.1, 0.15) is 18.5 Å². The van der Waals surface area contributed by atoms with E-state index in [2.05, 4.69) is 20.1 Å². The first-order valence-electron chi connectivity index (χ1n) is 8.65. The highest BCUT2D eigenvalue weighted by Gasteiger charge is 2.14. The maximum Gasteiger partial charge on any atom is 0.191 e. The van der Waals surface area contributed by atoms with E-state index in [1.54, 1.807) is 0 Å². The molecule has 1 aromatic carbocycles. The van der Waals surface area contributed by atoms with Crippen molar-refractivity contribution in [3.05, 3.63) is 60.2 Å². The van der Waals surface area contributed by atoms with Crippen molar-refractivity contribution >= 4 is 29.9 Å². The first kappa shape index (κ1) is 22.4. The highest BCUT2D eigenvalue weighted by molar-refractivity contribution is 14.0. The maximum atomic E-state index is 13.2. The van der Waals surface area contributed by atoms with E-state index < -0.39 is 0 Å². The van der Waals surface area contributed by atoms with Gasteiger partial charge in [0.15, 0.2) is 5.96 Å². The fourth-order valence-electron chi connectivity index (χ4n) is 2.59. The van der Waals surface area contributed by atoms with Gasteiger partial charge in [0, 0.05) is 32.0 Å². The van der Waals surface area contributed by atoms with Crippen molar-refractivity contribution in [1.29, 1.82) is 0 Å². The zero-order valence-electron chi connectivity index (χ0n) is 15.7. The van der Waals surface area contributed by atoms with Gasteiger partial charge in [0.05, 0.1) is 12.6 Å². The lowest BCUT2D eigenvalue weighted by molar-refractivity contribution is 0.306. The van der Waals surface area contributed by atoms with Gasteiger partial charge < -0.3 is 20.1 Å². The van der Waals surface area contributed by atoms with Gasteiger partial charge in [-0.15, -0.1) is 24.0 Å². The summed E-state index contributed by atoms with van der Waals surface area (Å²) in [5.74, 6) is 0.577. The number of benzene rings is 1. The van der Waals surface area contributed by atoms with E-state index in [9.17, 15) is 4.39 Å². The van der Waals surface area contributed by atoms with E-state index in [4.69, 9.17) is 4.99 Å². The monoisotopic (exact) mass is 473 g/mol. The lowest BCUT2D eigenvalue weighted by Gasteiger charge is -2.23. The van der Waals surface area contributed by atoms with Crippen LogP contribution in [0.2, 0.25) is 0 Å². The molecule has 26 heavy (non-hydrogen) atoms. The Labute approximate surface area is 172 Å². The highest BCUT2D eigenvalue weighted by Crippen LogP contribution is 2.18. The van der Waals surface area contributed by atoms with Crippen LogP contribution in [0.3, 0.4) is 0 Å². The molecule has 0 fully saturated rings. The third-order valence-electron chi connectivity index (χ3n) is 3.97. The highest BCUT2D eigenvalue weighted by atomic mass is 127. The Morgan fingerprint density at radius 1 is 1.15 bits per heavy atom. The van der Waals surface area contributed by atoms with E-state index in [1.165, 1.54) is 12.1 Å². The summed E-state index contributed by atoms with van der Waals surface area (Å²) in [7, 11) is 4.02. The summed E-state index contributed by atoms with van der Waals surface area (Å²) < 4.78 is 15.3. The standard InChI is InChI=1S/C19H28FN5.HI/c1-4-21-19(22-11-14-25-12-5-6-13-25)23-15-18(24(2)3)16-7-9-17(20)10-8-16;/h5-10,12-13,18H,4,11,14-15H2,1-3H3,(H2,21,22,23);1H. The number of guanidine groups is 1. The fraction of sp³-hybridized carbons (Fsp3) is 0.421. The molecule has 0 amide bonds. The number of nitrogens with zero attached hydrogens (tertiary/aromatic N) is 3. The van der Waals surface area contributed by atoms with Crippen LogP contribution < -0.4 is 10.6 Å². The molecule has 1 aromatic heterocycles. The molecule has 0 spiro atoms. The summed E-state index contributed by atoms with van der Waals surface area (Å²) in [4.78, 5) is 6.80. The molecule has 1 heterocycles. The van der Waals surface area contributed by atoms with Crippen LogP contribution in [0, 0.1) is 5.82 Å². The van der Waals surface area contributed by atoms with Gasteiger partial charge in [0.2, 0.25) is 0 Å². The number of nitrogens with one attached hydrogen (secondary N) is 2. The molecule has 0 saturated heterocycles. The lowest BCUT2D eigenvalue weighted by atomic mass is 10.1. The Bertz CT molecular complexity index is 640. The van der Waals surface area contributed by atoms with E-state index in [-0.39, 0.29) is 35.8 Å². The van der Waals surface area contributed by atoms with Gasteiger partial charge in [-0.1, -0.05) is 12.1 Å². The van der Waals surface area contributed by atoms with Gasteiger partial charge in [-0.05, 0) is 50.8 Å². The minimum Gasteiger partial charge on any atom is -0.357 e. The molecule has 2 rings (SSSR count). The number of hydrogen-bond acceptors (Lipinski definition) is 2. The minimum atomic E-state index is -0.218. The summed E-state index contributed by atoms with van der Waals surface area (Å²) in [5, 5.41) is 6.62. The number of likely N-dealkylation sites (N-methyl/N-ethyl adjacent to an activating group) is 1. The molecular weight excluding hydrogens is 444 g/mol. The van der Waals surface area contributed by atoms with Gasteiger partial charge >= 0.3 is 0 Å². The predicted molar refractivity (Wildman–Crippen MR) is 117 cm³/mol. The maximum absolute atomic E-state index is 13.2. The third-order valence-corrected chi connectivity index (χ3v) is 3.97. The molecule has 0 radical (unpaired) electrons. The molecule has 0 bridgehead atoms. The molecule has 1 atom stereocenters. The average Bonchev–Trinajstić information content (AvgIpc) is 3.09. The number of aliphatic imine (C=N–C) groups is 1. The minimum absolute atomic E-state index is 0. The van der Waals surface area contributed by atoms with Crippen molar-refractivity contribution in [2.75, 3.05) is 33.7 Å². The zero-order valence-corrected chi connectivity index (χ0v) is 18.0. The molecule has 0 aliphatic rings. The number of aromatic nitrogens is 1. The van der Waals surface area contributed by atoms with E-state index in [0.29, 0.717) is 6.54 Å². The Kier molecular flexibility index (Phi) is 10.3. The average molecular weight is 473 g/mol. The molecule has 2 N–H and O–H groups in total. The second kappa shape index (κ2) is 11.9. The van der Waals surface area contributed by atoms with Crippen LogP contribution in [-0.4, -0.2) is 49.2 Å². The van der Waals surface area contributed by atoms with Crippen LogP contribution in [0.4, 0.5) is 4.39 Å². The Balaban J connectivity index is 0.00000338. The largest absolute Gasteiger partial charge is 0.357 e. The smallest absolute Gasteiger partial charge is 0.191 e. The Morgan fingerprint density at radius 3 is 2.38 bits per heavy atom. The van der Waals surface area contributed by atoms with Crippen molar-refractivity contribution in [2.45, 2.75) is 19.5 Å². The van der Waals surface area contributed by atoms with Gasteiger partial charge in [0.25, 0.3) is 0 Å². The zero-order chi connectivity index (χ0) is 18.1. The van der Waals surface area contributed by atoms with Crippen LogP contribution in [0.5, 0.6) is 0 Å². The molecule has 7 heteroatoms. The van der Waals surface area contributed by atoms with Gasteiger partial charge in [-0.25, -0.2) is 4.39 Å². The van der Waals surface area contributed by atoms with Gasteiger partial charge in [0.1, 0.15) is 5.82 Å². The number of halogens is 2. The molecule has 5 nitrogen and oxygen atoms in total. The second-order valence-corrected chi connectivity index (χ2v) is 6.10. The molecule has 2 aromatic rings. The van der Waals surface area contributed by atoms with Gasteiger partial charge in [-0.3, -0.25) is 4.99 Å². The summed E-state index contributed by atoms with van der Waals surface area (Å²) in [5.41, 5.74) is 1.05. The van der Waals surface area contributed by atoms with E-state index in [0.717, 1.165) is 31.2 Å². The molecule has 0 saturated carbocycles. The van der Waals surface area contributed by atoms with Crippen molar-refractivity contribution in [3.63, 3.8) is 0 Å². The SMILES string of the molecule is CCNC(=NCC(c1ccc(F)cc1)N(C)C)NCCn1cccc1.I. The second-order valence-electron chi connectivity index (χ2n) is 6.10. The fourth-order valence-corrected chi connectivity index (χ4v) is 2.59. The molecule has 0 aliphatic heterocycles. The van der Waals surface area contributed by atoms with E-state index in [1.807, 2.05) is 57.7 Å². The summed E-state index contributed by atoms with van der Waals surface area (Å²) >= 11 is 0. The summed E-state index contributed by atoms with van der Waals surface area (Å²) in [6.45, 7) is 5.12. The molecule has 0 aliphatic carbocycles. The quantitative estimate of drug-likeness (QED) is 0.352. The van der Waals surface area contributed by atoms with E-state index >= 15 is 0 Å². The van der Waals surface area contributed by atoms with Crippen molar-refractivity contribution in [3.8, 4) is 0 Å². The van der Waals surface area contributed by atoms with Crippen LogP contribution >= 0.6 is 24.0 Å². The Morgan fingerprint density at radius 2 is 1.81 bits per heavy atom. The first-order chi connectivity index (χ1) is 12.1. The third kappa shape index (κ3) is 7.33. The first-order valence-corrected chi connectivity index (χ1v) is 8.65. The van der Waals surface area contributed by atoms with Crippen LogP contribution in [0.25, 0.3) is 0 Å². The molecule has 1 unspecified atom stereocenters. The lowest BCUT2D eigenvalue weighted by Crippen LogP contribution is -2.39. The number of rotatable bonds is 8. The molecular formula is C19H29FIN5. The van der Waals surface area contributed by atoms with Crippen molar-refractivity contribution < 1.29 is 4.39 Å². The van der Waals surface area contributed by atoms with Gasteiger partial charge in [-0.2, -0.15) is 0 Å². The topological polar surface area (TPSA) is 44.6 Å². The number of hydrogen-bond donors (Lipinski definition) is 2. The summed E-state index contributed by atoms with van der Waals surface area (Å²) in [6.07, 6.45) is 4.09. The Hall–Kier alpha value is -1.61. The normalized spacial score (nSPS) is 12.6. The van der Waals surface area contributed by atoms with Crippen LogP contribution in [-0.2, 0) is 6.54 Å². The van der Waals surface area contributed by atoms with Crippen molar-refractivity contribution in [2.24, 2.45) is 4.99 Å². The predicted octanol–water partition coefficient (Wildman–Crippen LogP) is 3.10. The molecule has 144 valence electrons.